The van der Waals surface area contributed by atoms with Crippen LogP contribution in [0.3, 0.4) is 0 Å². The van der Waals surface area contributed by atoms with Gasteiger partial charge in [-0.05, 0) is 42.9 Å². The van der Waals surface area contributed by atoms with Crippen LogP contribution in [0.25, 0.3) is 0 Å². The third-order valence-corrected chi connectivity index (χ3v) is 5.14. The van der Waals surface area contributed by atoms with E-state index in [9.17, 15) is 0 Å². The summed E-state index contributed by atoms with van der Waals surface area (Å²) in [6.07, 6.45) is 8.69. The minimum atomic E-state index is 0.594. The Hall–Kier alpha value is -1.94. The van der Waals surface area contributed by atoms with Crippen molar-refractivity contribution in [1.29, 1.82) is 0 Å². The van der Waals surface area contributed by atoms with Gasteiger partial charge in [-0.25, -0.2) is 9.97 Å². The highest BCUT2D eigenvalue weighted by Crippen LogP contribution is 2.34. The third-order valence-electron chi connectivity index (χ3n) is 5.14. The molecular formula is C19H24N4. The van der Waals surface area contributed by atoms with Crippen molar-refractivity contribution in [3.63, 3.8) is 0 Å². The van der Waals surface area contributed by atoms with Crippen LogP contribution in [0, 0.1) is 0 Å². The molecule has 2 aromatic rings. The van der Waals surface area contributed by atoms with Gasteiger partial charge in [0.05, 0.1) is 0 Å². The van der Waals surface area contributed by atoms with Crippen molar-refractivity contribution < 1.29 is 0 Å². The topological polar surface area (TPSA) is 32.3 Å². The molecule has 0 radical (unpaired) electrons. The summed E-state index contributed by atoms with van der Waals surface area (Å²) in [4.78, 5) is 13.8. The summed E-state index contributed by atoms with van der Waals surface area (Å²) in [6, 6.07) is 11.5. The van der Waals surface area contributed by atoms with Crippen LogP contribution in [0.5, 0.6) is 0 Å². The summed E-state index contributed by atoms with van der Waals surface area (Å²) in [5.41, 5.74) is 3.11. The summed E-state index contributed by atoms with van der Waals surface area (Å²) in [7, 11) is 0. The highest BCUT2D eigenvalue weighted by Gasteiger charge is 2.27. The van der Waals surface area contributed by atoms with Gasteiger partial charge >= 0.3 is 0 Å². The Labute approximate surface area is 138 Å². The van der Waals surface area contributed by atoms with E-state index in [0.717, 1.165) is 25.6 Å². The van der Waals surface area contributed by atoms with Gasteiger partial charge < -0.3 is 4.90 Å². The van der Waals surface area contributed by atoms with Crippen LogP contribution >= 0.6 is 0 Å². The van der Waals surface area contributed by atoms with E-state index in [1.165, 1.54) is 32.2 Å². The van der Waals surface area contributed by atoms with Gasteiger partial charge in [-0.1, -0.05) is 24.3 Å². The lowest BCUT2D eigenvalue weighted by atomic mass is 9.87. The molecule has 1 atom stereocenters. The SMILES string of the molecule is c1cnc(N2CCCN([C@@H]3CCCc4ccccc43)CC2)nc1. The van der Waals surface area contributed by atoms with E-state index in [2.05, 4.69) is 44.0 Å². The maximum absolute atomic E-state index is 4.41. The molecule has 0 spiro atoms. The van der Waals surface area contributed by atoms with Gasteiger partial charge in [0.15, 0.2) is 0 Å². The van der Waals surface area contributed by atoms with E-state index in [0.29, 0.717) is 6.04 Å². The maximum atomic E-state index is 4.41. The molecule has 0 unspecified atom stereocenters. The molecule has 0 amide bonds. The van der Waals surface area contributed by atoms with Crippen molar-refractivity contribution in [1.82, 2.24) is 14.9 Å². The van der Waals surface area contributed by atoms with Crippen LogP contribution in [-0.2, 0) is 6.42 Å². The second-order valence-corrected chi connectivity index (χ2v) is 6.53. The van der Waals surface area contributed by atoms with E-state index in [-0.39, 0.29) is 0 Å². The summed E-state index contributed by atoms with van der Waals surface area (Å²) in [6.45, 7) is 4.33. The molecule has 4 heteroatoms. The molecule has 4 rings (SSSR count). The second kappa shape index (κ2) is 6.67. The molecule has 1 fully saturated rings. The summed E-state index contributed by atoms with van der Waals surface area (Å²) < 4.78 is 0. The molecule has 1 aliphatic carbocycles. The van der Waals surface area contributed by atoms with E-state index in [1.807, 2.05) is 18.5 Å². The Morgan fingerprint density at radius 3 is 2.65 bits per heavy atom. The van der Waals surface area contributed by atoms with Crippen molar-refractivity contribution in [2.45, 2.75) is 31.7 Å². The number of rotatable bonds is 2. The second-order valence-electron chi connectivity index (χ2n) is 6.53. The standard InChI is InChI=1S/C19H24N4/c1-2-8-17-16(6-1)7-3-9-18(17)22-12-5-13-23(15-14-22)19-20-10-4-11-21-19/h1-2,4,6,8,10-11,18H,3,5,7,9,12-15H2/t18-/m1/s1. The zero-order chi connectivity index (χ0) is 15.5. The van der Waals surface area contributed by atoms with Gasteiger partial charge in [-0.3, -0.25) is 4.90 Å². The van der Waals surface area contributed by atoms with Crippen molar-refractivity contribution in [3.05, 3.63) is 53.9 Å². The molecule has 120 valence electrons. The number of benzene rings is 1. The number of nitrogens with zero attached hydrogens (tertiary/aromatic N) is 4. The van der Waals surface area contributed by atoms with Crippen LogP contribution in [-0.4, -0.2) is 41.0 Å². The highest BCUT2D eigenvalue weighted by atomic mass is 15.3. The average molecular weight is 308 g/mol. The average Bonchev–Trinajstić information content (AvgIpc) is 2.88. The van der Waals surface area contributed by atoms with Crippen LogP contribution in [0.1, 0.15) is 36.4 Å². The molecule has 0 saturated carbocycles. The predicted molar refractivity (Wildman–Crippen MR) is 92.6 cm³/mol. The smallest absolute Gasteiger partial charge is 0.225 e. The predicted octanol–water partition coefficient (Wildman–Crippen LogP) is 3.07. The zero-order valence-corrected chi connectivity index (χ0v) is 13.6. The number of aryl methyl sites for hydroxylation is 1. The van der Waals surface area contributed by atoms with Crippen molar-refractivity contribution in [3.8, 4) is 0 Å². The fourth-order valence-electron chi connectivity index (χ4n) is 4.01. The van der Waals surface area contributed by atoms with Crippen molar-refractivity contribution >= 4 is 5.95 Å². The molecular weight excluding hydrogens is 284 g/mol. The van der Waals surface area contributed by atoms with Crippen LogP contribution in [0.15, 0.2) is 42.7 Å². The highest BCUT2D eigenvalue weighted by molar-refractivity contribution is 5.33. The number of hydrogen-bond acceptors (Lipinski definition) is 4. The van der Waals surface area contributed by atoms with Crippen molar-refractivity contribution in [2.24, 2.45) is 0 Å². The molecule has 23 heavy (non-hydrogen) atoms. The first-order chi connectivity index (χ1) is 11.4. The first-order valence-corrected chi connectivity index (χ1v) is 8.75. The van der Waals surface area contributed by atoms with Crippen molar-refractivity contribution in [2.75, 3.05) is 31.1 Å². The lowest BCUT2D eigenvalue weighted by molar-refractivity contribution is 0.191. The van der Waals surface area contributed by atoms with Crippen LogP contribution in [0.4, 0.5) is 5.95 Å². The largest absolute Gasteiger partial charge is 0.339 e. The van der Waals surface area contributed by atoms with Gasteiger partial charge in [0, 0.05) is 44.6 Å². The molecule has 1 saturated heterocycles. The molecule has 0 N–H and O–H groups in total. The Morgan fingerprint density at radius 2 is 1.74 bits per heavy atom. The Balaban J connectivity index is 1.50. The molecule has 2 heterocycles. The number of fused-ring (bicyclic) bond motifs is 1. The van der Waals surface area contributed by atoms with E-state index < -0.39 is 0 Å². The molecule has 0 bridgehead atoms. The van der Waals surface area contributed by atoms with E-state index in [4.69, 9.17) is 0 Å². The van der Waals surface area contributed by atoms with E-state index >= 15 is 0 Å². The number of aromatic nitrogens is 2. The summed E-state index contributed by atoms with van der Waals surface area (Å²) in [5, 5.41) is 0. The van der Waals surface area contributed by atoms with Gasteiger partial charge in [0.25, 0.3) is 0 Å². The minimum absolute atomic E-state index is 0.594. The minimum Gasteiger partial charge on any atom is -0.339 e. The fourth-order valence-corrected chi connectivity index (χ4v) is 4.01. The quantitative estimate of drug-likeness (QED) is 0.853. The number of hydrogen-bond donors (Lipinski definition) is 0. The normalized spacial score (nSPS) is 22.4. The third kappa shape index (κ3) is 3.08. The van der Waals surface area contributed by atoms with Crippen LogP contribution < -0.4 is 4.90 Å². The Kier molecular flexibility index (Phi) is 4.24. The monoisotopic (exact) mass is 308 g/mol. The molecule has 1 aliphatic heterocycles. The molecule has 1 aromatic carbocycles. The first-order valence-electron chi connectivity index (χ1n) is 8.75. The maximum Gasteiger partial charge on any atom is 0.225 e. The Morgan fingerprint density at radius 1 is 0.870 bits per heavy atom. The zero-order valence-electron chi connectivity index (χ0n) is 13.6. The Bertz CT molecular complexity index is 643. The van der Waals surface area contributed by atoms with Gasteiger partial charge in [0.2, 0.25) is 5.95 Å². The molecule has 1 aromatic heterocycles. The fraction of sp³-hybridized carbons (Fsp3) is 0.474. The molecule has 2 aliphatic rings. The molecule has 4 nitrogen and oxygen atoms in total. The van der Waals surface area contributed by atoms with Gasteiger partial charge in [-0.2, -0.15) is 0 Å². The summed E-state index contributed by atoms with van der Waals surface area (Å²) >= 11 is 0. The van der Waals surface area contributed by atoms with E-state index in [1.54, 1.807) is 11.1 Å². The van der Waals surface area contributed by atoms with Crippen LogP contribution in [0.2, 0.25) is 0 Å². The number of anilines is 1. The van der Waals surface area contributed by atoms with Gasteiger partial charge in [0.1, 0.15) is 0 Å². The lowest BCUT2D eigenvalue weighted by Gasteiger charge is -2.35. The first kappa shape index (κ1) is 14.6. The lowest BCUT2D eigenvalue weighted by Crippen LogP contribution is -2.35. The summed E-state index contributed by atoms with van der Waals surface area (Å²) in [5.74, 6) is 0.874. The van der Waals surface area contributed by atoms with Gasteiger partial charge in [-0.15, -0.1) is 0 Å².